The van der Waals surface area contributed by atoms with E-state index in [0.29, 0.717) is 27.9 Å². The van der Waals surface area contributed by atoms with E-state index in [1.165, 1.54) is 54.1 Å². The molecule has 0 unspecified atom stereocenters. The Kier molecular flexibility index (Phi) is 6.57. The molecule has 0 saturated carbocycles. The number of methoxy groups -OCH3 is 1. The summed E-state index contributed by atoms with van der Waals surface area (Å²) in [5.74, 6) is -1.53. The van der Waals surface area contributed by atoms with Crippen molar-refractivity contribution in [1.82, 2.24) is 14.9 Å². The lowest BCUT2D eigenvalue weighted by atomic mass is 9.86. The number of esters is 1. The maximum absolute atomic E-state index is 14.8. The standard InChI is InChI=1S/C29H23FN4O9/c1-3-29(38)20-9-23-25-18(12-33(23)26(35)19(20)13-42-27(29)36)17(16-8-24(41-2)21(30)10-22(16)32-25)11-31-28(37)43-15-6-4-14(5-7-15)34(39)40/h4-10,38H,3,11-13H2,1-2H3,(H,31,37)/t29-/m0/s1. The second-order valence-corrected chi connectivity index (χ2v) is 10.0. The predicted molar refractivity (Wildman–Crippen MR) is 147 cm³/mol. The number of carbonyl (C=O) groups is 2. The highest BCUT2D eigenvalue weighted by Gasteiger charge is 2.45. The maximum Gasteiger partial charge on any atom is 0.412 e. The molecule has 13 nitrogen and oxygen atoms in total. The number of hydrogen-bond acceptors (Lipinski definition) is 10. The number of nitrogens with zero attached hydrogens (tertiary/aromatic N) is 3. The van der Waals surface area contributed by atoms with Crippen molar-refractivity contribution in [3.63, 3.8) is 0 Å². The number of hydrogen-bond donors (Lipinski definition) is 2. The molecular weight excluding hydrogens is 567 g/mol. The van der Waals surface area contributed by atoms with Gasteiger partial charge in [0.25, 0.3) is 11.2 Å². The number of cyclic esters (lactones) is 1. The number of ether oxygens (including phenoxy) is 3. The highest BCUT2D eigenvalue weighted by molar-refractivity contribution is 5.90. The Hall–Kier alpha value is -5.37. The molecule has 2 aromatic carbocycles. The number of carbonyl (C=O) groups excluding carboxylic acids is 2. The number of amides is 1. The first-order valence-corrected chi connectivity index (χ1v) is 13.1. The summed E-state index contributed by atoms with van der Waals surface area (Å²) in [7, 11) is 1.31. The molecule has 0 fully saturated rings. The summed E-state index contributed by atoms with van der Waals surface area (Å²) in [5, 5.41) is 25.1. The van der Waals surface area contributed by atoms with Gasteiger partial charge in [-0.15, -0.1) is 0 Å². The molecule has 0 radical (unpaired) electrons. The van der Waals surface area contributed by atoms with Gasteiger partial charge >= 0.3 is 12.1 Å². The van der Waals surface area contributed by atoms with Crippen molar-refractivity contribution in [3.8, 4) is 22.9 Å². The summed E-state index contributed by atoms with van der Waals surface area (Å²) in [5.41, 5.74) is -0.514. The third-order valence-corrected chi connectivity index (χ3v) is 7.75. The summed E-state index contributed by atoms with van der Waals surface area (Å²) < 4.78 is 31.7. The van der Waals surface area contributed by atoms with Crippen molar-refractivity contribution in [1.29, 1.82) is 0 Å². The fourth-order valence-electron chi connectivity index (χ4n) is 5.46. The van der Waals surface area contributed by atoms with Crippen molar-refractivity contribution >= 4 is 28.7 Å². The van der Waals surface area contributed by atoms with Crippen molar-refractivity contribution in [2.75, 3.05) is 7.11 Å². The molecule has 43 heavy (non-hydrogen) atoms. The number of fused-ring (bicyclic) bond motifs is 5. The van der Waals surface area contributed by atoms with Crippen LogP contribution < -0.4 is 20.3 Å². The average Bonchev–Trinajstić information content (AvgIpc) is 3.36. The average molecular weight is 591 g/mol. The van der Waals surface area contributed by atoms with Gasteiger partial charge in [-0.05, 0) is 36.2 Å². The van der Waals surface area contributed by atoms with E-state index in [4.69, 9.17) is 14.2 Å². The fraction of sp³-hybridized carbons (Fsp3) is 0.241. The van der Waals surface area contributed by atoms with Crippen LogP contribution in [0.4, 0.5) is 14.9 Å². The van der Waals surface area contributed by atoms with Crippen molar-refractivity contribution in [3.05, 3.63) is 91.0 Å². The number of nitrogens with one attached hydrogen (secondary N) is 1. The number of rotatable bonds is 6. The molecule has 2 aliphatic rings. The summed E-state index contributed by atoms with van der Waals surface area (Å²) >= 11 is 0. The van der Waals surface area contributed by atoms with Crippen LogP contribution in [0.3, 0.4) is 0 Å². The van der Waals surface area contributed by atoms with Crippen LogP contribution in [0.5, 0.6) is 11.5 Å². The zero-order chi connectivity index (χ0) is 30.6. The Bertz CT molecular complexity index is 1920. The Balaban J connectivity index is 1.43. The van der Waals surface area contributed by atoms with Crippen LogP contribution in [0.15, 0.2) is 47.3 Å². The van der Waals surface area contributed by atoms with E-state index in [2.05, 4.69) is 10.3 Å². The number of halogens is 1. The topological polar surface area (TPSA) is 172 Å². The van der Waals surface area contributed by atoms with Crippen LogP contribution in [0.2, 0.25) is 0 Å². The first-order chi connectivity index (χ1) is 20.5. The second-order valence-electron chi connectivity index (χ2n) is 10.0. The van der Waals surface area contributed by atoms with E-state index >= 15 is 0 Å². The molecule has 14 heteroatoms. The van der Waals surface area contributed by atoms with Gasteiger partial charge in [0.05, 0.1) is 41.0 Å². The Morgan fingerprint density at radius 2 is 1.98 bits per heavy atom. The lowest BCUT2D eigenvalue weighted by Gasteiger charge is -2.31. The first kappa shape index (κ1) is 27.8. The molecule has 4 heterocycles. The monoisotopic (exact) mass is 590 g/mol. The van der Waals surface area contributed by atoms with Gasteiger partial charge in [-0.3, -0.25) is 14.9 Å². The van der Waals surface area contributed by atoms with Gasteiger partial charge in [-0.2, -0.15) is 0 Å². The molecule has 4 aromatic rings. The molecule has 1 amide bonds. The largest absolute Gasteiger partial charge is 0.494 e. The number of nitro groups is 1. The Morgan fingerprint density at radius 3 is 2.65 bits per heavy atom. The van der Waals surface area contributed by atoms with E-state index in [-0.39, 0.29) is 59.9 Å². The van der Waals surface area contributed by atoms with E-state index in [0.717, 1.165) is 0 Å². The minimum absolute atomic E-state index is 0.0310. The number of benzene rings is 2. The highest BCUT2D eigenvalue weighted by Crippen LogP contribution is 2.41. The first-order valence-electron chi connectivity index (χ1n) is 13.1. The molecule has 0 saturated heterocycles. The fourth-order valence-corrected chi connectivity index (χ4v) is 5.46. The molecule has 6 rings (SSSR count). The number of aromatic nitrogens is 2. The zero-order valence-corrected chi connectivity index (χ0v) is 22.8. The number of pyridine rings is 2. The normalized spacial score (nSPS) is 16.6. The van der Waals surface area contributed by atoms with Crippen molar-refractivity contribution < 1.29 is 38.2 Å². The minimum atomic E-state index is -2.02. The summed E-state index contributed by atoms with van der Waals surface area (Å²) in [6, 6.07) is 9.09. The molecule has 2 aromatic heterocycles. The number of nitro benzene ring substituents is 1. The molecule has 0 spiro atoms. The summed E-state index contributed by atoms with van der Waals surface area (Å²) in [6.45, 7) is 1.19. The minimum Gasteiger partial charge on any atom is -0.494 e. The van der Waals surface area contributed by atoms with Crippen LogP contribution >= 0.6 is 0 Å². The molecule has 220 valence electrons. The van der Waals surface area contributed by atoms with Gasteiger partial charge in [-0.25, -0.2) is 19.0 Å². The van der Waals surface area contributed by atoms with E-state index in [1.807, 2.05) is 0 Å². The highest BCUT2D eigenvalue weighted by atomic mass is 19.1. The summed E-state index contributed by atoms with van der Waals surface area (Å²) in [6.07, 6.45) is -0.898. The zero-order valence-electron chi connectivity index (χ0n) is 22.8. The predicted octanol–water partition coefficient (Wildman–Crippen LogP) is 3.42. The van der Waals surface area contributed by atoms with Gasteiger partial charge in [-0.1, -0.05) is 6.92 Å². The van der Waals surface area contributed by atoms with Crippen molar-refractivity contribution in [2.24, 2.45) is 0 Å². The lowest BCUT2D eigenvalue weighted by Crippen LogP contribution is -2.44. The molecule has 2 N–H and O–H groups in total. The quantitative estimate of drug-likeness (QED) is 0.170. The van der Waals surface area contributed by atoms with Gasteiger partial charge in [0.2, 0.25) is 0 Å². The third-order valence-electron chi connectivity index (χ3n) is 7.75. The number of aliphatic hydroxyl groups is 1. The lowest BCUT2D eigenvalue weighted by molar-refractivity contribution is -0.384. The van der Waals surface area contributed by atoms with E-state index in [9.17, 15) is 34.0 Å². The smallest absolute Gasteiger partial charge is 0.412 e. The van der Waals surface area contributed by atoms with Gasteiger partial charge in [0.15, 0.2) is 17.2 Å². The third kappa shape index (κ3) is 4.43. The molecule has 2 aliphatic heterocycles. The molecule has 0 bridgehead atoms. The second kappa shape index (κ2) is 10.2. The number of non-ortho nitro benzene ring substituents is 1. The van der Waals surface area contributed by atoms with Crippen LogP contribution in [-0.4, -0.2) is 38.8 Å². The van der Waals surface area contributed by atoms with Gasteiger partial charge in [0.1, 0.15) is 12.4 Å². The Morgan fingerprint density at radius 1 is 1.23 bits per heavy atom. The molecule has 1 atom stereocenters. The maximum atomic E-state index is 14.8. The SMILES string of the molecule is CC[C@@]1(O)C(=O)OCc2c1cc1n(c2=O)Cc2c-1nc1cc(F)c(OC)cc1c2CNC(=O)Oc1ccc([N+](=O)[O-])cc1. The van der Waals surface area contributed by atoms with E-state index in [1.54, 1.807) is 6.92 Å². The van der Waals surface area contributed by atoms with Crippen LogP contribution in [0, 0.1) is 15.9 Å². The Labute approximate surface area is 241 Å². The molecular formula is C29H23FN4O9. The molecule has 0 aliphatic carbocycles. The van der Waals surface area contributed by atoms with E-state index < -0.39 is 34.0 Å². The van der Waals surface area contributed by atoms with Crippen molar-refractivity contribution in [2.45, 2.75) is 38.6 Å². The van der Waals surface area contributed by atoms with Gasteiger partial charge < -0.3 is 29.2 Å². The van der Waals surface area contributed by atoms with Gasteiger partial charge in [0, 0.05) is 41.3 Å². The van der Waals surface area contributed by atoms with Crippen LogP contribution in [0.25, 0.3) is 22.3 Å². The van der Waals surface area contributed by atoms with Crippen LogP contribution in [-0.2, 0) is 34.8 Å². The van der Waals surface area contributed by atoms with Crippen LogP contribution in [0.1, 0.15) is 35.6 Å². The summed E-state index contributed by atoms with van der Waals surface area (Å²) in [4.78, 5) is 53.7.